The lowest BCUT2D eigenvalue weighted by Crippen LogP contribution is -2.43. The summed E-state index contributed by atoms with van der Waals surface area (Å²) >= 11 is 0. The number of ether oxygens (including phenoxy) is 2. The number of fused-ring (bicyclic) bond motifs is 1. The summed E-state index contributed by atoms with van der Waals surface area (Å²) in [7, 11) is 0. The molecule has 2 aliphatic rings. The lowest BCUT2D eigenvalue weighted by molar-refractivity contribution is -0.155. The van der Waals surface area contributed by atoms with E-state index in [9.17, 15) is 9.59 Å². The minimum Gasteiger partial charge on any atom is -0.465 e. The third-order valence-corrected chi connectivity index (χ3v) is 3.86. The van der Waals surface area contributed by atoms with Gasteiger partial charge in [0, 0.05) is 32.1 Å². The molecule has 20 heavy (non-hydrogen) atoms. The van der Waals surface area contributed by atoms with E-state index in [1.54, 1.807) is 11.8 Å². The van der Waals surface area contributed by atoms with Gasteiger partial charge >= 0.3 is 12.1 Å². The van der Waals surface area contributed by atoms with Gasteiger partial charge < -0.3 is 19.7 Å². The van der Waals surface area contributed by atoms with Crippen LogP contribution in [0.5, 0.6) is 0 Å². The van der Waals surface area contributed by atoms with Gasteiger partial charge in [-0.15, -0.1) is 0 Å². The van der Waals surface area contributed by atoms with E-state index in [1.807, 2.05) is 20.8 Å². The molecule has 2 rings (SSSR count). The fourth-order valence-electron chi connectivity index (χ4n) is 2.95. The monoisotopic (exact) mass is 284 g/mol. The van der Waals surface area contributed by atoms with Crippen LogP contribution >= 0.6 is 0 Å². The Morgan fingerprint density at radius 1 is 1.40 bits per heavy atom. The number of rotatable bonds is 2. The van der Waals surface area contributed by atoms with E-state index in [0.29, 0.717) is 26.2 Å². The molecule has 0 bridgehead atoms. The van der Waals surface area contributed by atoms with E-state index >= 15 is 0 Å². The summed E-state index contributed by atoms with van der Waals surface area (Å²) in [6.07, 6.45) is -0.351. The predicted octanol–water partition coefficient (Wildman–Crippen LogP) is 1.01. The Labute approximate surface area is 119 Å². The molecule has 2 saturated heterocycles. The molecule has 0 aromatic rings. The second kappa shape index (κ2) is 5.24. The average Bonchev–Trinajstić information content (AvgIpc) is 2.83. The van der Waals surface area contributed by atoms with Crippen LogP contribution in [0, 0.1) is 11.3 Å². The lowest BCUT2D eigenvalue weighted by Gasteiger charge is -2.27. The minimum absolute atomic E-state index is 0.106. The number of amides is 1. The molecule has 2 aliphatic heterocycles. The molecule has 2 atom stereocenters. The lowest BCUT2D eigenvalue weighted by atomic mass is 9.81. The van der Waals surface area contributed by atoms with Crippen LogP contribution in [0.3, 0.4) is 0 Å². The maximum Gasteiger partial charge on any atom is 0.410 e. The van der Waals surface area contributed by atoms with Gasteiger partial charge in [0.05, 0.1) is 6.61 Å². The summed E-state index contributed by atoms with van der Waals surface area (Å²) < 4.78 is 10.6. The van der Waals surface area contributed by atoms with E-state index in [1.165, 1.54) is 0 Å². The van der Waals surface area contributed by atoms with Gasteiger partial charge in [-0.2, -0.15) is 0 Å². The normalized spacial score (nSPS) is 29.2. The van der Waals surface area contributed by atoms with Gasteiger partial charge in [0.15, 0.2) is 0 Å². The van der Waals surface area contributed by atoms with Crippen LogP contribution in [0.1, 0.15) is 27.7 Å². The summed E-state index contributed by atoms with van der Waals surface area (Å²) in [6, 6.07) is 0. The molecule has 0 radical (unpaired) electrons. The SMILES string of the molecule is CCOC(=O)[C@@]12CNCC1CN(C(=O)OC(C)(C)C)C2. The van der Waals surface area contributed by atoms with Crippen LogP contribution in [0.15, 0.2) is 0 Å². The van der Waals surface area contributed by atoms with E-state index in [-0.39, 0.29) is 18.0 Å². The molecule has 0 spiro atoms. The molecule has 0 aliphatic carbocycles. The third kappa shape index (κ3) is 2.75. The predicted molar refractivity (Wildman–Crippen MR) is 73.2 cm³/mol. The molecule has 0 aromatic heterocycles. The van der Waals surface area contributed by atoms with Crippen LogP contribution in [-0.4, -0.2) is 55.3 Å². The van der Waals surface area contributed by atoms with Crippen molar-refractivity contribution in [1.82, 2.24) is 10.2 Å². The van der Waals surface area contributed by atoms with Gasteiger partial charge in [0.1, 0.15) is 11.0 Å². The first-order chi connectivity index (χ1) is 9.28. The number of hydrogen-bond acceptors (Lipinski definition) is 5. The molecular weight excluding hydrogens is 260 g/mol. The molecule has 2 heterocycles. The van der Waals surface area contributed by atoms with Crippen LogP contribution in [0.25, 0.3) is 0 Å². The van der Waals surface area contributed by atoms with Crippen molar-refractivity contribution in [2.75, 3.05) is 32.8 Å². The van der Waals surface area contributed by atoms with Crippen molar-refractivity contribution in [1.29, 1.82) is 0 Å². The summed E-state index contributed by atoms with van der Waals surface area (Å²) in [5.74, 6) is -0.102. The van der Waals surface area contributed by atoms with Gasteiger partial charge in [-0.3, -0.25) is 4.79 Å². The second-order valence-corrected chi connectivity index (χ2v) is 6.57. The quantitative estimate of drug-likeness (QED) is 0.766. The summed E-state index contributed by atoms with van der Waals surface area (Å²) in [4.78, 5) is 26.0. The minimum atomic E-state index is -0.604. The Hall–Kier alpha value is -1.30. The fourth-order valence-corrected chi connectivity index (χ4v) is 2.95. The molecule has 1 amide bonds. The first-order valence-electron chi connectivity index (χ1n) is 7.14. The molecule has 6 nitrogen and oxygen atoms in total. The highest BCUT2D eigenvalue weighted by molar-refractivity contribution is 5.81. The molecule has 6 heteroatoms. The van der Waals surface area contributed by atoms with Gasteiger partial charge in [-0.25, -0.2) is 4.79 Å². The maximum absolute atomic E-state index is 12.3. The van der Waals surface area contributed by atoms with Crippen molar-refractivity contribution >= 4 is 12.1 Å². The zero-order chi connectivity index (χ0) is 15.0. The van der Waals surface area contributed by atoms with Gasteiger partial charge in [-0.1, -0.05) is 0 Å². The Bertz CT molecular complexity index is 404. The fraction of sp³-hybridized carbons (Fsp3) is 0.857. The highest BCUT2D eigenvalue weighted by Crippen LogP contribution is 2.40. The number of carbonyl (C=O) groups is 2. The molecule has 0 saturated carbocycles. The number of likely N-dealkylation sites (tertiary alicyclic amines) is 1. The van der Waals surface area contributed by atoms with E-state index < -0.39 is 11.0 Å². The highest BCUT2D eigenvalue weighted by Gasteiger charge is 2.57. The highest BCUT2D eigenvalue weighted by atomic mass is 16.6. The number of carbonyl (C=O) groups excluding carboxylic acids is 2. The van der Waals surface area contributed by atoms with Crippen molar-refractivity contribution in [3.63, 3.8) is 0 Å². The van der Waals surface area contributed by atoms with Crippen molar-refractivity contribution in [3.8, 4) is 0 Å². The van der Waals surface area contributed by atoms with Crippen molar-refractivity contribution < 1.29 is 19.1 Å². The second-order valence-electron chi connectivity index (χ2n) is 6.57. The molecule has 1 N–H and O–H groups in total. The largest absolute Gasteiger partial charge is 0.465 e. The molecule has 114 valence electrons. The summed E-state index contributed by atoms with van der Waals surface area (Å²) in [6.45, 7) is 9.89. The Balaban J connectivity index is 2.08. The zero-order valence-corrected chi connectivity index (χ0v) is 12.7. The standard InChI is InChI=1S/C14H24N2O4/c1-5-19-11(17)14-8-15-6-10(14)7-16(9-14)12(18)20-13(2,3)4/h10,15H,5-9H2,1-4H3/t10?,14-/m1/s1. The van der Waals surface area contributed by atoms with E-state index in [4.69, 9.17) is 9.47 Å². The zero-order valence-electron chi connectivity index (χ0n) is 12.7. The smallest absolute Gasteiger partial charge is 0.410 e. The number of nitrogens with zero attached hydrogens (tertiary/aromatic N) is 1. The van der Waals surface area contributed by atoms with Crippen LogP contribution in [0.4, 0.5) is 4.79 Å². The number of nitrogens with one attached hydrogen (secondary N) is 1. The maximum atomic E-state index is 12.3. The third-order valence-electron chi connectivity index (χ3n) is 3.86. The van der Waals surface area contributed by atoms with Crippen LogP contribution in [-0.2, 0) is 14.3 Å². The first-order valence-corrected chi connectivity index (χ1v) is 7.14. The van der Waals surface area contributed by atoms with Crippen LogP contribution in [0.2, 0.25) is 0 Å². The Morgan fingerprint density at radius 2 is 2.10 bits per heavy atom. The topological polar surface area (TPSA) is 67.9 Å². The van der Waals surface area contributed by atoms with Gasteiger partial charge in [0.2, 0.25) is 0 Å². The number of esters is 1. The van der Waals surface area contributed by atoms with E-state index in [2.05, 4.69) is 5.32 Å². The number of hydrogen-bond donors (Lipinski definition) is 1. The van der Waals surface area contributed by atoms with Gasteiger partial charge in [-0.05, 0) is 27.7 Å². The first kappa shape index (κ1) is 15.1. The Kier molecular flexibility index (Phi) is 3.95. The molecule has 2 fully saturated rings. The van der Waals surface area contributed by atoms with Crippen molar-refractivity contribution in [3.05, 3.63) is 0 Å². The molecular formula is C14H24N2O4. The van der Waals surface area contributed by atoms with E-state index in [0.717, 1.165) is 6.54 Å². The molecule has 0 aromatic carbocycles. The summed E-state index contributed by atoms with van der Waals surface area (Å²) in [5.41, 5.74) is -1.13. The van der Waals surface area contributed by atoms with Gasteiger partial charge in [0.25, 0.3) is 0 Å². The van der Waals surface area contributed by atoms with Crippen LogP contribution < -0.4 is 5.32 Å². The van der Waals surface area contributed by atoms with Crippen molar-refractivity contribution in [2.45, 2.75) is 33.3 Å². The van der Waals surface area contributed by atoms with Crippen molar-refractivity contribution in [2.24, 2.45) is 11.3 Å². The average molecular weight is 284 g/mol. The molecule has 1 unspecified atom stereocenters. The Morgan fingerprint density at radius 3 is 2.70 bits per heavy atom. The summed E-state index contributed by atoms with van der Waals surface area (Å²) in [5, 5.41) is 3.23.